The molecule has 9 nitrogen and oxygen atoms in total. The number of carbonyl (C=O) groups excluding carboxylic acids is 1. The number of benzene rings is 1. The number of morpholine rings is 1. The fourth-order valence-electron chi connectivity index (χ4n) is 3.66. The molecule has 0 amide bonds. The van der Waals surface area contributed by atoms with Crippen LogP contribution >= 0.6 is 0 Å². The van der Waals surface area contributed by atoms with Crippen LogP contribution in [-0.2, 0) is 11.2 Å². The topological polar surface area (TPSA) is 129 Å². The Balaban J connectivity index is 1.52. The summed E-state index contributed by atoms with van der Waals surface area (Å²) in [6, 6.07) is 9.40. The van der Waals surface area contributed by atoms with Crippen LogP contribution in [0.5, 0.6) is 5.75 Å². The molecule has 0 aliphatic carbocycles. The summed E-state index contributed by atoms with van der Waals surface area (Å²) in [6.45, 7) is 4.02. The van der Waals surface area contributed by atoms with Gasteiger partial charge in [-0.25, -0.2) is 9.97 Å². The Bertz CT molecular complexity index is 1080. The third-order valence-electron chi connectivity index (χ3n) is 5.41. The Kier molecular flexibility index (Phi) is 7.43. The van der Waals surface area contributed by atoms with Crippen molar-refractivity contribution in [2.45, 2.75) is 12.8 Å². The molecule has 1 aromatic carbocycles. The molecule has 1 aliphatic heterocycles. The summed E-state index contributed by atoms with van der Waals surface area (Å²) in [5, 5.41) is 0. The van der Waals surface area contributed by atoms with Crippen molar-refractivity contribution in [1.29, 1.82) is 0 Å². The predicted octanol–water partition coefficient (Wildman–Crippen LogP) is 2.11. The van der Waals surface area contributed by atoms with Crippen molar-refractivity contribution < 1.29 is 14.3 Å². The summed E-state index contributed by atoms with van der Waals surface area (Å²) >= 11 is 0. The number of nitrogens with zero attached hydrogens (tertiary/aromatic N) is 4. The van der Waals surface area contributed by atoms with E-state index in [-0.39, 0.29) is 23.7 Å². The number of pyridine rings is 1. The number of aromatic nitrogens is 3. The van der Waals surface area contributed by atoms with Crippen molar-refractivity contribution in [2.75, 3.05) is 50.1 Å². The van der Waals surface area contributed by atoms with E-state index in [9.17, 15) is 4.79 Å². The molecular weight excluding hydrogens is 420 g/mol. The van der Waals surface area contributed by atoms with Gasteiger partial charge in [0.1, 0.15) is 11.4 Å². The predicted molar refractivity (Wildman–Crippen MR) is 126 cm³/mol. The minimum Gasteiger partial charge on any atom is -0.494 e. The second-order valence-electron chi connectivity index (χ2n) is 7.71. The largest absolute Gasteiger partial charge is 0.494 e. The van der Waals surface area contributed by atoms with E-state index in [0.717, 1.165) is 42.1 Å². The molecule has 0 atom stereocenters. The molecule has 1 aliphatic rings. The number of anilines is 2. The lowest BCUT2D eigenvalue weighted by atomic mass is 10.1. The van der Waals surface area contributed by atoms with E-state index in [2.05, 4.69) is 19.9 Å². The van der Waals surface area contributed by atoms with Crippen LogP contribution in [0.3, 0.4) is 0 Å². The number of ketones is 1. The van der Waals surface area contributed by atoms with E-state index in [0.29, 0.717) is 32.1 Å². The molecule has 3 aromatic rings. The van der Waals surface area contributed by atoms with Crippen molar-refractivity contribution in [3.05, 3.63) is 60.2 Å². The van der Waals surface area contributed by atoms with Crippen LogP contribution in [0, 0.1) is 0 Å². The zero-order chi connectivity index (χ0) is 23.0. The van der Waals surface area contributed by atoms with Gasteiger partial charge in [0.05, 0.1) is 31.7 Å². The minimum atomic E-state index is -0.203. The number of ether oxygens (including phenoxy) is 2. The van der Waals surface area contributed by atoms with Crippen molar-refractivity contribution in [2.24, 2.45) is 5.73 Å². The number of hydrogen-bond acceptors (Lipinski definition) is 9. The highest BCUT2D eigenvalue weighted by atomic mass is 16.5. The highest BCUT2D eigenvalue weighted by Gasteiger charge is 2.20. The Morgan fingerprint density at radius 2 is 1.91 bits per heavy atom. The fourth-order valence-corrected chi connectivity index (χ4v) is 3.66. The van der Waals surface area contributed by atoms with Crippen LogP contribution in [0.2, 0.25) is 0 Å². The number of Topliss-reactive ketones (excluding diaryl/α,β-unsaturated/α-hetero) is 1. The van der Waals surface area contributed by atoms with Gasteiger partial charge in [-0.3, -0.25) is 9.78 Å². The van der Waals surface area contributed by atoms with Crippen LogP contribution in [0.1, 0.15) is 22.5 Å². The van der Waals surface area contributed by atoms with Gasteiger partial charge in [0.2, 0.25) is 0 Å². The zero-order valence-corrected chi connectivity index (χ0v) is 18.4. The smallest absolute Gasteiger partial charge is 0.189 e. The molecule has 0 spiro atoms. The molecule has 2 aromatic heterocycles. The quantitative estimate of drug-likeness (QED) is 0.373. The second-order valence-corrected chi connectivity index (χ2v) is 7.71. The van der Waals surface area contributed by atoms with Gasteiger partial charge in [-0.2, -0.15) is 0 Å². The van der Waals surface area contributed by atoms with Crippen LogP contribution in [0.25, 0.3) is 11.3 Å². The monoisotopic (exact) mass is 448 g/mol. The molecule has 0 saturated carbocycles. The average molecular weight is 449 g/mol. The molecule has 0 radical (unpaired) electrons. The van der Waals surface area contributed by atoms with Crippen molar-refractivity contribution in [3.8, 4) is 17.0 Å². The van der Waals surface area contributed by atoms with E-state index < -0.39 is 0 Å². The van der Waals surface area contributed by atoms with Crippen molar-refractivity contribution >= 4 is 17.3 Å². The molecule has 4 rings (SSSR count). The Morgan fingerprint density at radius 1 is 1.12 bits per heavy atom. The molecule has 4 N–H and O–H groups in total. The first-order valence-corrected chi connectivity index (χ1v) is 11.0. The molecule has 0 bridgehead atoms. The average Bonchev–Trinajstić information content (AvgIpc) is 2.86. The second kappa shape index (κ2) is 10.8. The third-order valence-corrected chi connectivity index (χ3v) is 5.41. The lowest BCUT2D eigenvalue weighted by Gasteiger charge is -2.30. The third kappa shape index (κ3) is 5.63. The van der Waals surface area contributed by atoms with Crippen LogP contribution in [0.15, 0.2) is 48.9 Å². The summed E-state index contributed by atoms with van der Waals surface area (Å²) in [5.41, 5.74) is 14.9. The highest BCUT2D eigenvalue weighted by molar-refractivity contribution is 6.00. The standard InChI is InChI=1S/C24H28N6O3/c25-7-1-11-33-19-4-2-17(3-5-19)20-16-28-24(26)23(29-20)22(31)14-18-15-27-8-6-21(18)30-9-12-32-13-10-30/h2-6,8,15-16H,1,7,9-14,25H2,(H2,26,28). The van der Waals surface area contributed by atoms with Gasteiger partial charge in [0.15, 0.2) is 11.6 Å². The van der Waals surface area contributed by atoms with Gasteiger partial charge in [-0.05, 0) is 43.3 Å². The molecule has 0 unspecified atom stereocenters. The maximum absolute atomic E-state index is 13.2. The SMILES string of the molecule is NCCCOc1ccc(-c2cnc(N)c(C(=O)Cc3cnccc3N3CCOCC3)n2)cc1. The first-order chi connectivity index (χ1) is 16.2. The van der Waals surface area contributed by atoms with Crippen LogP contribution in [-0.4, -0.2) is 60.2 Å². The lowest BCUT2D eigenvalue weighted by Crippen LogP contribution is -2.37. The first kappa shape index (κ1) is 22.6. The molecule has 172 valence electrons. The van der Waals surface area contributed by atoms with E-state index in [1.165, 1.54) is 0 Å². The van der Waals surface area contributed by atoms with Gasteiger partial charge in [0, 0.05) is 48.7 Å². The molecule has 1 saturated heterocycles. The molecule has 1 fully saturated rings. The Hall–Kier alpha value is -3.56. The van der Waals surface area contributed by atoms with Crippen molar-refractivity contribution in [3.63, 3.8) is 0 Å². The fraction of sp³-hybridized carbons (Fsp3) is 0.333. The normalized spacial score (nSPS) is 13.7. The van der Waals surface area contributed by atoms with E-state index in [1.807, 2.05) is 30.3 Å². The maximum atomic E-state index is 13.2. The number of nitrogens with two attached hydrogens (primary N) is 2. The van der Waals surface area contributed by atoms with Gasteiger partial charge in [-0.15, -0.1) is 0 Å². The first-order valence-electron chi connectivity index (χ1n) is 11.0. The number of rotatable bonds is 9. The molecular formula is C24H28N6O3. The Morgan fingerprint density at radius 3 is 2.67 bits per heavy atom. The summed E-state index contributed by atoms with van der Waals surface area (Å²) < 4.78 is 11.1. The van der Waals surface area contributed by atoms with Crippen LogP contribution < -0.4 is 21.1 Å². The van der Waals surface area contributed by atoms with Gasteiger partial charge >= 0.3 is 0 Å². The summed E-state index contributed by atoms with van der Waals surface area (Å²) in [5.74, 6) is 0.660. The van der Waals surface area contributed by atoms with E-state index in [4.69, 9.17) is 20.9 Å². The van der Waals surface area contributed by atoms with Crippen LogP contribution in [0.4, 0.5) is 11.5 Å². The summed E-state index contributed by atoms with van der Waals surface area (Å²) in [6.07, 6.45) is 5.95. The number of carbonyl (C=O) groups is 1. The van der Waals surface area contributed by atoms with Gasteiger partial charge in [-0.1, -0.05) is 0 Å². The van der Waals surface area contributed by atoms with Gasteiger partial charge in [0.25, 0.3) is 0 Å². The van der Waals surface area contributed by atoms with E-state index in [1.54, 1.807) is 18.6 Å². The molecule has 9 heteroatoms. The lowest BCUT2D eigenvalue weighted by molar-refractivity contribution is 0.0988. The number of nitrogen functional groups attached to an aromatic ring is 1. The van der Waals surface area contributed by atoms with Gasteiger partial charge < -0.3 is 25.8 Å². The Labute approximate surface area is 192 Å². The molecule has 3 heterocycles. The zero-order valence-electron chi connectivity index (χ0n) is 18.4. The molecule has 33 heavy (non-hydrogen) atoms. The highest BCUT2D eigenvalue weighted by Crippen LogP contribution is 2.25. The summed E-state index contributed by atoms with van der Waals surface area (Å²) in [4.78, 5) is 28.3. The minimum absolute atomic E-state index is 0.113. The maximum Gasteiger partial charge on any atom is 0.189 e. The van der Waals surface area contributed by atoms with Crippen molar-refractivity contribution in [1.82, 2.24) is 15.0 Å². The summed E-state index contributed by atoms with van der Waals surface area (Å²) in [7, 11) is 0. The van der Waals surface area contributed by atoms with E-state index >= 15 is 0 Å². The number of hydrogen-bond donors (Lipinski definition) is 2.